The van der Waals surface area contributed by atoms with Crippen LogP contribution in [0.5, 0.6) is 5.75 Å². The van der Waals surface area contributed by atoms with Crippen LogP contribution in [0.15, 0.2) is 18.2 Å². The Morgan fingerprint density at radius 3 is 2.80 bits per heavy atom. The average Bonchev–Trinajstić information content (AvgIpc) is 3.22. The van der Waals surface area contributed by atoms with Crippen molar-refractivity contribution in [3.63, 3.8) is 0 Å². The number of hydrogen-bond donors (Lipinski definition) is 0. The van der Waals surface area contributed by atoms with E-state index < -0.39 is 5.60 Å². The predicted molar refractivity (Wildman–Crippen MR) is 76.2 cm³/mol. The second-order valence-corrected chi connectivity index (χ2v) is 5.40. The van der Waals surface area contributed by atoms with Crippen LogP contribution in [0, 0.1) is 6.92 Å². The molecule has 0 N–H and O–H groups in total. The van der Waals surface area contributed by atoms with E-state index in [-0.39, 0.29) is 5.97 Å². The molecule has 110 valence electrons. The first-order valence-electron chi connectivity index (χ1n) is 6.69. The molecule has 0 aliphatic carbocycles. The van der Waals surface area contributed by atoms with Crippen molar-refractivity contribution in [2.75, 3.05) is 20.3 Å². The standard InChI is InChI=1S/C15H19ClO4/c1-11-5-6-12(9-13(11)16)19-8-4-3-7-15(10-20-15)14(17)18-2/h5-6,9H,3-4,7-8,10H2,1-2H3. The second-order valence-electron chi connectivity index (χ2n) is 4.99. The molecule has 1 aliphatic rings. The van der Waals surface area contributed by atoms with Crippen LogP contribution >= 0.6 is 11.6 Å². The minimum atomic E-state index is -0.679. The normalized spacial score (nSPS) is 20.6. The number of halogens is 1. The van der Waals surface area contributed by atoms with Gasteiger partial charge in [-0.05, 0) is 43.9 Å². The third kappa shape index (κ3) is 3.64. The number of ether oxygens (including phenoxy) is 3. The van der Waals surface area contributed by atoms with Gasteiger partial charge in [-0.3, -0.25) is 0 Å². The van der Waals surface area contributed by atoms with Crippen LogP contribution in [0.3, 0.4) is 0 Å². The summed E-state index contributed by atoms with van der Waals surface area (Å²) < 4.78 is 15.6. The zero-order chi connectivity index (χ0) is 14.6. The minimum Gasteiger partial charge on any atom is -0.494 e. The van der Waals surface area contributed by atoms with E-state index in [0.29, 0.717) is 24.7 Å². The van der Waals surface area contributed by atoms with Crippen LogP contribution in [-0.4, -0.2) is 31.9 Å². The number of methoxy groups -OCH3 is 1. The smallest absolute Gasteiger partial charge is 0.340 e. The summed E-state index contributed by atoms with van der Waals surface area (Å²) in [6, 6.07) is 5.65. The molecule has 0 aromatic heterocycles. The van der Waals surface area contributed by atoms with Crippen LogP contribution in [0.4, 0.5) is 0 Å². The topological polar surface area (TPSA) is 48.1 Å². The molecule has 1 atom stereocenters. The van der Waals surface area contributed by atoms with Crippen molar-refractivity contribution in [2.24, 2.45) is 0 Å². The predicted octanol–water partition coefficient (Wildman–Crippen LogP) is 3.14. The Morgan fingerprint density at radius 2 is 2.20 bits per heavy atom. The van der Waals surface area contributed by atoms with E-state index in [4.69, 9.17) is 25.8 Å². The third-order valence-corrected chi connectivity index (χ3v) is 3.84. The summed E-state index contributed by atoms with van der Waals surface area (Å²) in [4.78, 5) is 11.5. The number of aryl methyl sites for hydroxylation is 1. The number of hydrogen-bond acceptors (Lipinski definition) is 4. The highest BCUT2D eigenvalue weighted by molar-refractivity contribution is 6.31. The molecule has 20 heavy (non-hydrogen) atoms. The summed E-state index contributed by atoms with van der Waals surface area (Å²) in [6.07, 6.45) is 2.39. The molecule has 5 heteroatoms. The van der Waals surface area contributed by atoms with Gasteiger partial charge in [0.2, 0.25) is 0 Å². The lowest BCUT2D eigenvalue weighted by atomic mass is 10.0. The molecule has 1 saturated heterocycles. The van der Waals surface area contributed by atoms with Gasteiger partial charge in [-0.15, -0.1) is 0 Å². The van der Waals surface area contributed by atoms with Gasteiger partial charge in [-0.2, -0.15) is 0 Å². The molecule has 1 aromatic rings. The molecule has 0 saturated carbocycles. The zero-order valence-electron chi connectivity index (χ0n) is 11.8. The first-order valence-corrected chi connectivity index (χ1v) is 7.06. The Kier molecular flexibility index (Phi) is 4.89. The Bertz CT molecular complexity index is 483. The summed E-state index contributed by atoms with van der Waals surface area (Å²) >= 11 is 6.02. The van der Waals surface area contributed by atoms with Crippen LogP contribution in [-0.2, 0) is 14.3 Å². The summed E-state index contributed by atoms with van der Waals surface area (Å²) in [6.45, 7) is 3.01. The first-order chi connectivity index (χ1) is 9.57. The van der Waals surface area contributed by atoms with Crippen molar-refractivity contribution in [1.82, 2.24) is 0 Å². The molecule has 2 rings (SSSR count). The maximum absolute atomic E-state index is 11.5. The molecule has 1 aliphatic heterocycles. The highest BCUT2D eigenvalue weighted by Crippen LogP contribution is 2.34. The number of carbonyl (C=O) groups is 1. The fraction of sp³-hybridized carbons (Fsp3) is 0.533. The van der Waals surface area contributed by atoms with Gasteiger partial charge < -0.3 is 14.2 Å². The second kappa shape index (κ2) is 6.46. The van der Waals surface area contributed by atoms with Crippen molar-refractivity contribution < 1.29 is 19.0 Å². The van der Waals surface area contributed by atoms with E-state index in [0.717, 1.165) is 24.2 Å². The van der Waals surface area contributed by atoms with Crippen molar-refractivity contribution in [3.8, 4) is 5.75 Å². The highest BCUT2D eigenvalue weighted by atomic mass is 35.5. The molecule has 1 heterocycles. The van der Waals surface area contributed by atoms with Crippen molar-refractivity contribution in [2.45, 2.75) is 31.8 Å². The lowest BCUT2D eigenvalue weighted by Gasteiger charge is -2.10. The van der Waals surface area contributed by atoms with E-state index in [2.05, 4.69) is 0 Å². The van der Waals surface area contributed by atoms with Gasteiger partial charge in [0, 0.05) is 5.02 Å². The van der Waals surface area contributed by atoms with Gasteiger partial charge >= 0.3 is 5.97 Å². The minimum absolute atomic E-state index is 0.274. The van der Waals surface area contributed by atoms with Crippen LogP contribution in [0.2, 0.25) is 5.02 Å². The van der Waals surface area contributed by atoms with Crippen LogP contribution in [0.25, 0.3) is 0 Å². The zero-order valence-corrected chi connectivity index (χ0v) is 12.5. The van der Waals surface area contributed by atoms with Gasteiger partial charge in [0.05, 0.1) is 20.3 Å². The molecular formula is C15H19ClO4. The van der Waals surface area contributed by atoms with Crippen molar-refractivity contribution >= 4 is 17.6 Å². The number of benzene rings is 1. The van der Waals surface area contributed by atoms with Gasteiger partial charge in [-0.1, -0.05) is 17.7 Å². The molecule has 1 unspecified atom stereocenters. The molecule has 4 nitrogen and oxygen atoms in total. The number of rotatable bonds is 7. The fourth-order valence-electron chi connectivity index (χ4n) is 2.00. The fourth-order valence-corrected chi connectivity index (χ4v) is 2.17. The van der Waals surface area contributed by atoms with E-state index >= 15 is 0 Å². The van der Waals surface area contributed by atoms with Gasteiger partial charge in [0.1, 0.15) is 5.75 Å². The molecule has 1 fully saturated rings. The molecule has 0 spiro atoms. The molecule has 0 radical (unpaired) electrons. The molecule has 1 aromatic carbocycles. The number of unbranched alkanes of at least 4 members (excludes halogenated alkanes) is 1. The Labute approximate surface area is 124 Å². The van der Waals surface area contributed by atoms with Crippen molar-refractivity contribution in [1.29, 1.82) is 0 Å². The van der Waals surface area contributed by atoms with E-state index in [1.165, 1.54) is 7.11 Å². The highest BCUT2D eigenvalue weighted by Gasteiger charge is 2.52. The quantitative estimate of drug-likeness (QED) is 0.441. The van der Waals surface area contributed by atoms with Gasteiger partial charge in [0.15, 0.2) is 5.60 Å². The molecule has 0 amide bonds. The third-order valence-electron chi connectivity index (χ3n) is 3.44. The summed E-state index contributed by atoms with van der Waals surface area (Å²) in [5, 5.41) is 0.707. The largest absolute Gasteiger partial charge is 0.494 e. The van der Waals surface area contributed by atoms with E-state index in [1.807, 2.05) is 25.1 Å². The monoisotopic (exact) mass is 298 g/mol. The van der Waals surface area contributed by atoms with E-state index in [1.54, 1.807) is 0 Å². The summed E-state index contributed by atoms with van der Waals surface area (Å²) in [7, 11) is 1.38. The average molecular weight is 299 g/mol. The van der Waals surface area contributed by atoms with E-state index in [9.17, 15) is 4.79 Å². The molecule has 0 bridgehead atoms. The molecular weight excluding hydrogens is 280 g/mol. The van der Waals surface area contributed by atoms with Crippen molar-refractivity contribution in [3.05, 3.63) is 28.8 Å². The Morgan fingerprint density at radius 1 is 1.45 bits per heavy atom. The first kappa shape index (κ1) is 15.1. The lowest BCUT2D eigenvalue weighted by molar-refractivity contribution is -0.147. The maximum Gasteiger partial charge on any atom is 0.340 e. The lowest BCUT2D eigenvalue weighted by Crippen LogP contribution is -2.26. The maximum atomic E-state index is 11.5. The van der Waals surface area contributed by atoms with Gasteiger partial charge in [0.25, 0.3) is 0 Å². The van der Waals surface area contributed by atoms with Crippen LogP contribution < -0.4 is 4.74 Å². The summed E-state index contributed by atoms with van der Waals surface area (Å²) in [5.41, 5.74) is 0.354. The van der Waals surface area contributed by atoms with Crippen LogP contribution in [0.1, 0.15) is 24.8 Å². The SMILES string of the molecule is COC(=O)C1(CCCCOc2ccc(C)c(Cl)c2)CO1. The Hall–Kier alpha value is -1.26. The summed E-state index contributed by atoms with van der Waals surface area (Å²) in [5.74, 6) is 0.495. The number of epoxide rings is 1. The number of esters is 1. The van der Waals surface area contributed by atoms with Gasteiger partial charge in [-0.25, -0.2) is 4.79 Å². The Balaban J connectivity index is 1.67. The number of carbonyl (C=O) groups excluding carboxylic acids is 1.